The van der Waals surface area contributed by atoms with E-state index in [1.165, 1.54) is 90.4 Å². The minimum absolute atomic E-state index is 0.176. The second kappa shape index (κ2) is 23.2. The van der Waals surface area contributed by atoms with Crippen LogP contribution in [0.2, 0.25) is 0 Å². The Kier molecular flexibility index (Phi) is 24.3. The minimum atomic E-state index is -0.935. The fraction of sp³-hybridized carbons (Fsp3) is 0.875. The zero-order valence-corrected chi connectivity index (χ0v) is 18.5. The van der Waals surface area contributed by atoms with Crippen LogP contribution < -0.4 is 0 Å². The van der Waals surface area contributed by atoms with Crippen LogP contribution in [0.25, 0.3) is 0 Å². The molecule has 0 aromatic rings. The lowest BCUT2D eigenvalue weighted by Crippen LogP contribution is -1.99. The maximum absolute atomic E-state index is 13.7. The molecule has 0 aliphatic rings. The number of aliphatic carboxylic acids is 1. The molecule has 2 nitrogen and oxygen atoms in total. The quantitative estimate of drug-likeness (QED) is 0.189. The van der Waals surface area contributed by atoms with Crippen LogP contribution in [-0.2, 0) is 4.79 Å². The van der Waals surface area contributed by atoms with Crippen molar-refractivity contribution in [3.05, 3.63) is 12.2 Å². The van der Waals surface area contributed by atoms with Crippen molar-refractivity contribution in [2.24, 2.45) is 0 Å². The topological polar surface area (TPSA) is 37.3 Å². The van der Waals surface area contributed by atoms with Gasteiger partial charge >= 0.3 is 5.97 Å². The van der Waals surface area contributed by atoms with Crippen molar-refractivity contribution in [3.63, 3.8) is 0 Å². The molecule has 0 heterocycles. The maximum Gasteiger partial charge on any atom is 0.330 e. The van der Waals surface area contributed by atoms with E-state index in [1.807, 2.05) is 0 Å². The van der Waals surface area contributed by atoms with Gasteiger partial charge in [-0.15, -0.1) is 0 Å². The molecule has 0 aromatic carbocycles. The van der Waals surface area contributed by atoms with E-state index in [9.17, 15) is 9.18 Å². The Hall–Kier alpha value is -0.860. The molecule has 0 fully saturated rings. The van der Waals surface area contributed by atoms with E-state index < -0.39 is 12.1 Å². The van der Waals surface area contributed by atoms with Crippen LogP contribution in [-0.4, -0.2) is 17.2 Å². The Bertz CT molecular complexity index is 316. The van der Waals surface area contributed by atoms with Gasteiger partial charge in [0.25, 0.3) is 0 Å². The highest BCUT2D eigenvalue weighted by Crippen LogP contribution is 2.16. The van der Waals surface area contributed by atoms with Crippen LogP contribution in [0.4, 0.5) is 4.39 Å². The lowest BCUT2D eigenvalue weighted by atomic mass is 10.0. The lowest BCUT2D eigenvalue weighted by molar-refractivity contribution is -0.132. The highest BCUT2D eigenvalue weighted by atomic mass is 19.1. The van der Waals surface area contributed by atoms with Crippen LogP contribution in [0.15, 0.2) is 12.2 Å². The first-order chi connectivity index (χ1) is 13.0. The predicted octanol–water partition coefficient (Wildman–Crippen LogP) is 8.64. The van der Waals surface area contributed by atoms with E-state index in [0.717, 1.165) is 25.7 Å². The highest BCUT2D eigenvalue weighted by Gasteiger charge is 2.05. The van der Waals surface area contributed by atoms with Gasteiger partial charge in [0.15, 0.2) is 0 Å². The van der Waals surface area contributed by atoms with Gasteiger partial charge in [-0.3, -0.25) is 0 Å². The summed E-state index contributed by atoms with van der Waals surface area (Å²) < 4.78 is 13.7. The molecule has 0 saturated heterocycles. The molecule has 0 rings (SSSR count). The molecule has 1 N–H and O–H groups in total. The first kappa shape index (κ1) is 28.4. The third-order valence-electron chi connectivity index (χ3n) is 4.86. The van der Waals surface area contributed by atoms with Crippen LogP contribution in [0.3, 0.4) is 0 Å². The Labute approximate surface area is 169 Å². The molecular formula is C24H47FO2. The van der Waals surface area contributed by atoms with Gasteiger partial charge in [-0.1, -0.05) is 117 Å². The van der Waals surface area contributed by atoms with Crippen LogP contribution >= 0.6 is 0 Å². The van der Waals surface area contributed by atoms with Crippen molar-refractivity contribution >= 4 is 5.97 Å². The Morgan fingerprint density at radius 1 is 0.741 bits per heavy atom. The first-order valence-corrected chi connectivity index (χ1v) is 11.5. The molecule has 0 amide bonds. The summed E-state index contributed by atoms with van der Waals surface area (Å²) in [6.07, 6.45) is 20.7. The van der Waals surface area contributed by atoms with E-state index in [0.29, 0.717) is 0 Å². The third-order valence-corrected chi connectivity index (χ3v) is 4.86. The standard InChI is InChI=1S/C20H41F.C4H6O2/c1-3-5-7-9-10-11-12-13-15-17-19-20(21)18-16-14-8-6-4-2;1-3(2)4(5)6/h20H,3-19H2,1-2H3;1H2,2H3,(H,5,6). The number of carbonyl (C=O) groups is 1. The molecule has 0 bridgehead atoms. The zero-order chi connectivity index (χ0) is 20.8. The van der Waals surface area contributed by atoms with E-state index in [2.05, 4.69) is 20.4 Å². The Morgan fingerprint density at radius 2 is 1.00 bits per heavy atom. The molecule has 3 heteroatoms. The second-order valence-corrected chi connectivity index (χ2v) is 7.86. The van der Waals surface area contributed by atoms with Crippen LogP contribution in [0.1, 0.15) is 130 Å². The van der Waals surface area contributed by atoms with Crippen molar-refractivity contribution in [3.8, 4) is 0 Å². The van der Waals surface area contributed by atoms with Crippen molar-refractivity contribution in [2.75, 3.05) is 0 Å². The number of halogens is 1. The fourth-order valence-corrected chi connectivity index (χ4v) is 2.97. The smallest absolute Gasteiger partial charge is 0.330 e. The highest BCUT2D eigenvalue weighted by molar-refractivity contribution is 5.84. The van der Waals surface area contributed by atoms with Gasteiger partial charge in [0, 0.05) is 5.57 Å². The Morgan fingerprint density at radius 3 is 1.26 bits per heavy atom. The van der Waals surface area contributed by atoms with Crippen molar-refractivity contribution in [2.45, 2.75) is 136 Å². The summed E-state index contributed by atoms with van der Waals surface area (Å²) in [6, 6.07) is 0. The Balaban J connectivity index is 0. The number of carboxylic acids is 1. The fourth-order valence-electron chi connectivity index (χ4n) is 2.97. The van der Waals surface area contributed by atoms with E-state index in [-0.39, 0.29) is 5.57 Å². The molecule has 162 valence electrons. The summed E-state index contributed by atoms with van der Waals surface area (Å²) >= 11 is 0. The molecule has 1 atom stereocenters. The number of carboxylic acid groups (broad SMARTS) is 1. The molecular weight excluding hydrogens is 339 g/mol. The van der Waals surface area contributed by atoms with Gasteiger partial charge in [-0.2, -0.15) is 0 Å². The largest absolute Gasteiger partial charge is 0.478 e. The number of unbranched alkanes of at least 4 members (excludes halogenated alkanes) is 13. The number of alkyl halides is 1. The summed E-state index contributed by atoms with van der Waals surface area (Å²) in [4.78, 5) is 9.60. The van der Waals surface area contributed by atoms with Crippen molar-refractivity contribution in [1.29, 1.82) is 0 Å². The normalized spacial score (nSPS) is 11.6. The van der Waals surface area contributed by atoms with Gasteiger partial charge in [-0.05, 0) is 19.8 Å². The van der Waals surface area contributed by atoms with Crippen molar-refractivity contribution in [1.82, 2.24) is 0 Å². The summed E-state index contributed by atoms with van der Waals surface area (Å²) in [7, 11) is 0. The van der Waals surface area contributed by atoms with Gasteiger partial charge in [0.1, 0.15) is 6.17 Å². The molecule has 0 radical (unpaired) electrons. The zero-order valence-electron chi connectivity index (χ0n) is 18.5. The predicted molar refractivity (Wildman–Crippen MR) is 117 cm³/mol. The summed E-state index contributed by atoms with van der Waals surface area (Å²) in [5, 5.41) is 7.89. The molecule has 0 aromatic heterocycles. The van der Waals surface area contributed by atoms with E-state index in [4.69, 9.17) is 5.11 Å². The summed E-state index contributed by atoms with van der Waals surface area (Å²) in [6.45, 7) is 9.09. The monoisotopic (exact) mass is 386 g/mol. The molecule has 0 spiro atoms. The van der Waals surface area contributed by atoms with Gasteiger partial charge in [-0.25, -0.2) is 9.18 Å². The summed E-state index contributed by atoms with van der Waals surface area (Å²) in [5.74, 6) is -0.935. The third kappa shape index (κ3) is 27.5. The lowest BCUT2D eigenvalue weighted by Gasteiger charge is -2.08. The first-order valence-electron chi connectivity index (χ1n) is 11.5. The number of hydrogen-bond acceptors (Lipinski definition) is 1. The molecule has 0 saturated carbocycles. The van der Waals surface area contributed by atoms with Gasteiger partial charge in [0.05, 0.1) is 0 Å². The van der Waals surface area contributed by atoms with Crippen molar-refractivity contribution < 1.29 is 14.3 Å². The summed E-state index contributed by atoms with van der Waals surface area (Å²) in [5.41, 5.74) is 0.176. The second-order valence-electron chi connectivity index (χ2n) is 7.86. The molecule has 0 aliphatic heterocycles. The average molecular weight is 387 g/mol. The van der Waals surface area contributed by atoms with Gasteiger partial charge in [0.2, 0.25) is 0 Å². The van der Waals surface area contributed by atoms with Gasteiger partial charge < -0.3 is 5.11 Å². The molecule has 27 heavy (non-hydrogen) atoms. The van der Waals surface area contributed by atoms with Crippen LogP contribution in [0.5, 0.6) is 0 Å². The number of hydrogen-bond donors (Lipinski definition) is 1. The van der Waals surface area contributed by atoms with Crippen LogP contribution in [0, 0.1) is 0 Å². The maximum atomic E-state index is 13.7. The molecule has 1 unspecified atom stereocenters. The van der Waals surface area contributed by atoms with E-state index in [1.54, 1.807) is 0 Å². The SMILES string of the molecule is C=C(C)C(=O)O.CCCCCCCCCCCCC(F)CCCCCCC. The number of rotatable bonds is 18. The minimum Gasteiger partial charge on any atom is -0.478 e. The van der Waals surface area contributed by atoms with E-state index >= 15 is 0 Å². The average Bonchev–Trinajstić information content (AvgIpc) is 2.63. The molecule has 0 aliphatic carbocycles.